The van der Waals surface area contributed by atoms with Crippen molar-refractivity contribution >= 4 is 11.8 Å². The molecule has 0 saturated carbocycles. The van der Waals surface area contributed by atoms with Crippen LogP contribution in [-0.2, 0) is 26.6 Å². The first-order chi connectivity index (χ1) is 11.4. The lowest BCUT2D eigenvalue weighted by Crippen LogP contribution is -2.17. The number of thioether (sulfide) groups is 1. The average molecular weight is 351 g/mol. The van der Waals surface area contributed by atoms with Crippen molar-refractivity contribution in [3.63, 3.8) is 0 Å². The molecule has 24 heavy (non-hydrogen) atoms. The number of nitrogens with one attached hydrogen (secondary N) is 1. The number of hydrogen-bond donors (Lipinski definition) is 1. The minimum absolute atomic E-state index is 0.598. The van der Waals surface area contributed by atoms with Gasteiger partial charge in [0.25, 0.3) is 0 Å². The highest BCUT2D eigenvalue weighted by molar-refractivity contribution is 7.98. The fourth-order valence-electron chi connectivity index (χ4n) is 2.86. The van der Waals surface area contributed by atoms with E-state index in [4.69, 9.17) is 0 Å². The van der Waals surface area contributed by atoms with Crippen LogP contribution in [0.15, 0.2) is 5.16 Å². The zero-order valence-corrected chi connectivity index (χ0v) is 16.6. The Morgan fingerprint density at radius 3 is 2.54 bits per heavy atom. The van der Waals surface area contributed by atoms with Crippen LogP contribution < -0.4 is 5.32 Å². The molecule has 2 aromatic heterocycles. The second-order valence-electron chi connectivity index (χ2n) is 6.66. The SMILES string of the molecule is CSc1nnc(CCCNCc2c(C)nn(C)c2C)n1CC(C)C. The van der Waals surface area contributed by atoms with Crippen molar-refractivity contribution in [2.24, 2.45) is 13.0 Å². The van der Waals surface area contributed by atoms with Gasteiger partial charge in [-0.2, -0.15) is 5.10 Å². The highest BCUT2D eigenvalue weighted by Gasteiger charge is 2.12. The van der Waals surface area contributed by atoms with E-state index in [0.29, 0.717) is 5.92 Å². The van der Waals surface area contributed by atoms with Gasteiger partial charge in [0.05, 0.1) is 5.69 Å². The second kappa shape index (κ2) is 8.67. The van der Waals surface area contributed by atoms with Crippen LogP contribution in [0.25, 0.3) is 0 Å². The fourth-order valence-corrected chi connectivity index (χ4v) is 3.38. The van der Waals surface area contributed by atoms with E-state index in [1.165, 1.54) is 11.3 Å². The van der Waals surface area contributed by atoms with E-state index in [9.17, 15) is 0 Å². The van der Waals surface area contributed by atoms with Crippen molar-refractivity contribution in [2.75, 3.05) is 12.8 Å². The van der Waals surface area contributed by atoms with Gasteiger partial charge in [-0.05, 0) is 39.0 Å². The van der Waals surface area contributed by atoms with Gasteiger partial charge in [0.2, 0.25) is 0 Å². The lowest BCUT2D eigenvalue weighted by molar-refractivity contribution is 0.475. The Hall–Kier alpha value is -1.34. The molecule has 0 unspecified atom stereocenters. The van der Waals surface area contributed by atoms with Gasteiger partial charge in [0.1, 0.15) is 5.82 Å². The molecule has 1 N–H and O–H groups in total. The molecule has 0 aliphatic rings. The molecule has 7 heteroatoms. The smallest absolute Gasteiger partial charge is 0.190 e. The molecule has 0 spiro atoms. The first-order valence-corrected chi connectivity index (χ1v) is 9.82. The normalized spacial score (nSPS) is 11.6. The number of rotatable bonds is 9. The van der Waals surface area contributed by atoms with Crippen LogP contribution in [0.3, 0.4) is 0 Å². The number of aryl methyl sites for hydroxylation is 3. The van der Waals surface area contributed by atoms with Gasteiger partial charge >= 0.3 is 0 Å². The van der Waals surface area contributed by atoms with Gasteiger partial charge < -0.3 is 9.88 Å². The van der Waals surface area contributed by atoms with Crippen LogP contribution in [-0.4, -0.2) is 37.3 Å². The molecule has 6 nitrogen and oxygen atoms in total. The molecule has 0 aliphatic carbocycles. The fraction of sp³-hybridized carbons (Fsp3) is 0.706. The maximum atomic E-state index is 4.46. The average Bonchev–Trinajstić information content (AvgIpc) is 3.01. The number of hydrogen-bond acceptors (Lipinski definition) is 5. The van der Waals surface area contributed by atoms with E-state index in [-0.39, 0.29) is 0 Å². The van der Waals surface area contributed by atoms with Crippen LogP contribution in [0.4, 0.5) is 0 Å². The van der Waals surface area contributed by atoms with E-state index >= 15 is 0 Å². The quantitative estimate of drug-likeness (QED) is 0.556. The van der Waals surface area contributed by atoms with Crippen molar-refractivity contribution in [2.45, 2.75) is 58.8 Å². The van der Waals surface area contributed by atoms with Gasteiger partial charge in [0, 0.05) is 37.8 Å². The van der Waals surface area contributed by atoms with Crippen LogP contribution in [0.5, 0.6) is 0 Å². The molecule has 0 aromatic carbocycles. The van der Waals surface area contributed by atoms with Crippen molar-refractivity contribution in [1.82, 2.24) is 29.9 Å². The molecule has 2 rings (SSSR count). The highest BCUT2D eigenvalue weighted by Crippen LogP contribution is 2.17. The summed E-state index contributed by atoms with van der Waals surface area (Å²) in [7, 11) is 2.00. The Labute approximate surface area is 149 Å². The van der Waals surface area contributed by atoms with Crippen LogP contribution in [0, 0.1) is 19.8 Å². The summed E-state index contributed by atoms with van der Waals surface area (Å²) in [5, 5.41) is 17.7. The third-order valence-electron chi connectivity index (χ3n) is 4.24. The van der Waals surface area contributed by atoms with E-state index < -0.39 is 0 Å². The van der Waals surface area contributed by atoms with Crippen LogP contribution in [0.1, 0.15) is 43.0 Å². The first-order valence-electron chi connectivity index (χ1n) is 8.59. The van der Waals surface area contributed by atoms with Crippen molar-refractivity contribution in [3.8, 4) is 0 Å². The number of aromatic nitrogens is 5. The summed E-state index contributed by atoms with van der Waals surface area (Å²) in [6, 6.07) is 0. The zero-order valence-electron chi connectivity index (χ0n) is 15.8. The van der Waals surface area contributed by atoms with Gasteiger partial charge in [-0.15, -0.1) is 10.2 Å². The molecule has 0 aliphatic heterocycles. The molecular formula is C17H30N6S. The standard InChI is InChI=1S/C17H30N6S/c1-12(2)11-23-16(19-20-17(23)24-6)8-7-9-18-10-15-13(3)21-22(5)14(15)4/h12,18H,7-11H2,1-6H3. The predicted molar refractivity (Wildman–Crippen MR) is 99.4 cm³/mol. The Balaban J connectivity index is 1.83. The summed E-state index contributed by atoms with van der Waals surface area (Å²) < 4.78 is 4.22. The van der Waals surface area contributed by atoms with E-state index in [0.717, 1.165) is 49.2 Å². The Kier molecular flexibility index (Phi) is 6.86. The lowest BCUT2D eigenvalue weighted by atomic mass is 10.2. The summed E-state index contributed by atoms with van der Waals surface area (Å²) in [5.41, 5.74) is 3.66. The Morgan fingerprint density at radius 1 is 1.21 bits per heavy atom. The Morgan fingerprint density at radius 2 is 1.96 bits per heavy atom. The van der Waals surface area contributed by atoms with Gasteiger partial charge in [-0.25, -0.2) is 0 Å². The second-order valence-corrected chi connectivity index (χ2v) is 7.43. The summed E-state index contributed by atoms with van der Waals surface area (Å²) in [5.74, 6) is 1.70. The lowest BCUT2D eigenvalue weighted by Gasteiger charge is -2.11. The molecule has 2 heterocycles. The summed E-state index contributed by atoms with van der Waals surface area (Å²) in [4.78, 5) is 0. The third kappa shape index (κ3) is 4.60. The monoisotopic (exact) mass is 350 g/mol. The highest BCUT2D eigenvalue weighted by atomic mass is 32.2. The van der Waals surface area contributed by atoms with Gasteiger partial charge in [0.15, 0.2) is 5.16 Å². The maximum absolute atomic E-state index is 4.46. The third-order valence-corrected chi connectivity index (χ3v) is 4.91. The first kappa shape index (κ1) is 19.0. The summed E-state index contributed by atoms with van der Waals surface area (Å²) >= 11 is 1.67. The van der Waals surface area contributed by atoms with Crippen LogP contribution in [0.2, 0.25) is 0 Å². The van der Waals surface area contributed by atoms with Gasteiger partial charge in [-0.1, -0.05) is 25.6 Å². The molecular weight excluding hydrogens is 320 g/mol. The Bertz CT molecular complexity index is 658. The minimum atomic E-state index is 0.598. The summed E-state index contributed by atoms with van der Waals surface area (Å²) in [6.07, 6.45) is 4.08. The predicted octanol–water partition coefficient (Wildman–Crippen LogP) is 2.73. The zero-order chi connectivity index (χ0) is 17.7. The summed E-state index contributed by atoms with van der Waals surface area (Å²) in [6.45, 7) is 11.5. The van der Waals surface area contributed by atoms with Crippen molar-refractivity contribution in [3.05, 3.63) is 22.8 Å². The maximum Gasteiger partial charge on any atom is 0.190 e. The van der Waals surface area contributed by atoms with E-state index in [1.54, 1.807) is 11.8 Å². The largest absolute Gasteiger partial charge is 0.313 e. The van der Waals surface area contributed by atoms with Crippen molar-refractivity contribution in [1.29, 1.82) is 0 Å². The van der Waals surface area contributed by atoms with Crippen LogP contribution >= 0.6 is 11.8 Å². The van der Waals surface area contributed by atoms with E-state index in [2.05, 4.69) is 59.1 Å². The molecule has 0 atom stereocenters. The molecule has 0 amide bonds. The number of nitrogens with zero attached hydrogens (tertiary/aromatic N) is 5. The molecule has 0 radical (unpaired) electrons. The minimum Gasteiger partial charge on any atom is -0.313 e. The van der Waals surface area contributed by atoms with E-state index in [1.807, 2.05) is 11.7 Å². The molecule has 0 fully saturated rings. The molecule has 0 bridgehead atoms. The molecule has 134 valence electrons. The topological polar surface area (TPSA) is 60.6 Å². The molecule has 2 aromatic rings. The van der Waals surface area contributed by atoms with Crippen molar-refractivity contribution < 1.29 is 0 Å². The molecule has 0 saturated heterocycles. The van der Waals surface area contributed by atoms with Gasteiger partial charge in [-0.3, -0.25) is 4.68 Å².